The molecule has 0 radical (unpaired) electrons. The molecule has 0 spiro atoms. The van der Waals surface area contributed by atoms with E-state index in [2.05, 4.69) is 10.5 Å². The van der Waals surface area contributed by atoms with Gasteiger partial charge < -0.3 is 4.74 Å². The number of aromatic nitrogens is 2. The Kier molecular flexibility index (Phi) is 3.86. The van der Waals surface area contributed by atoms with E-state index in [-0.39, 0.29) is 6.04 Å². The van der Waals surface area contributed by atoms with Crippen LogP contribution in [-0.2, 0) is 7.05 Å². The second-order valence-corrected chi connectivity index (χ2v) is 4.25. The lowest BCUT2D eigenvalue weighted by atomic mass is 10.0. The summed E-state index contributed by atoms with van der Waals surface area (Å²) >= 11 is 6.20. The molecule has 1 aromatic carbocycles. The maximum absolute atomic E-state index is 6.20. The van der Waals surface area contributed by atoms with Crippen LogP contribution in [0.3, 0.4) is 0 Å². The van der Waals surface area contributed by atoms with Gasteiger partial charge in [0.05, 0.1) is 19.3 Å². The quantitative estimate of drug-likeness (QED) is 0.652. The smallest absolute Gasteiger partial charge is 0.161 e. The highest BCUT2D eigenvalue weighted by molar-refractivity contribution is 6.31. The van der Waals surface area contributed by atoms with Crippen molar-refractivity contribution in [1.29, 1.82) is 0 Å². The van der Waals surface area contributed by atoms with Gasteiger partial charge in [-0.05, 0) is 11.6 Å². The molecule has 2 rings (SSSR count). The molecule has 5 nitrogen and oxygen atoms in total. The number of nitrogens with zero attached hydrogens (tertiary/aromatic N) is 2. The van der Waals surface area contributed by atoms with Crippen molar-refractivity contribution in [3.8, 4) is 5.75 Å². The SMILES string of the molecule is COc1cnn(C)c1C(NN)c1ccccc1Cl. The maximum atomic E-state index is 6.20. The van der Waals surface area contributed by atoms with Crippen molar-refractivity contribution in [1.82, 2.24) is 15.2 Å². The van der Waals surface area contributed by atoms with E-state index < -0.39 is 0 Å². The van der Waals surface area contributed by atoms with Gasteiger partial charge in [0.2, 0.25) is 0 Å². The van der Waals surface area contributed by atoms with Crippen molar-refractivity contribution in [3.63, 3.8) is 0 Å². The Hall–Kier alpha value is -1.56. The van der Waals surface area contributed by atoms with Gasteiger partial charge >= 0.3 is 0 Å². The van der Waals surface area contributed by atoms with Crippen molar-refractivity contribution >= 4 is 11.6 Å². The number of benzene rings is 1. The Balaban J connectivity index is 2.52. The lowest BCUT2D eigenvalue weighted by Gasteiger charge is -2.19. The summed E-state index contributed by atoms with van der Waals surface area (Å²) in [6.07, 6.45) is 1.65. The number of hydrogen-bond acceptors (Lipinski definition) is 4. The molecule has 1 aromatic heterocycles. The van der Waals surface area contributed by atoms with Gasteiger partial charge in [-0.1, -0.05) is 29.8 Å². The molecule has 96 valence electrons. The Morgan fingerprint density at radius 1 is 1.44 bits per heavy atom. The fourth-order valence-corrected chi connectivity index (χ4v) is 2.18. The zero-order valence-electron chi connectivity index (χ0n) is 10.2. The molecule has 1 atom stereocenters. The van der Waals surface area contributed by atoms with Crippen molar-refractivity contribution in [2.75, 3.05) is 7.11 Å². The Labute approximate surface area is 110 Å². The van der Waals surface area contributed by atoms with E-state index in [1.807, 2.05) is 31.3 Å². The van der Waals surface area contributed by atoms with Crippen LogP contribution in [-0.4, -0.2) is 16.9 Å². The second-order valence-electron chi connectivity index (χ2n) is 3.84. The first-order chi connectivity index (χ1) is 8.69. The minimum Gasteiger partial charge on any atom is -0.493 e. The minimum absolute atomic E-state index is 0.277. The summed E-state index contributed by atoms with van der Waals surface area (Å²) in [4.78, 5) is 0. The van der Waals surface area contributed by atoms with E-state index >= 15 is 0 Å². The van der Waals surface area contributed by atoms with E-state index in [4.69, 9.17) is 22.2 Å². The lowest BCUT2D eigenvalue weighted by Crippen LogP contribution is -2.30. The molecule has 3 N–H and O–H groups in total. The zero-order valence-corrected chi connectivity index (χ0v) is 11.0. The third-order valence-corrected chi connectivity index (χ3v) is 3.17. The minimum atomic E-state index is -0.277. The van der Waals surface area contributed by atoms with Crippen LogP contribution >= 0.6 is 11.6 Å². The van der Waals surface area contributed by atoms with Crippen LogP contribution in [0.5, 0.6) is 5.75 Å². The Morgan fingerprint density at radius 2 is 2.17 bits per heavy atom. The van der Waals surface area contributed by atoms with Gasteiger partial charge in [0.15, 0.2) is 5.75 Å². The first-order valence-electron chi connectivity index (χ1n) is 5.45. The van der Waals surface area contributed by atoms with Crippen LogP contribution in [0.4, 0.5) is 0 Å². The second kappa shape index (κ2) is 5.39. The zero-order chi connectivity index (χ0) is 13.1. The average Bonchev–Trinajstić information content (AvgIpc) is 2.74. The van der Waals surface area contributed by atoms with Crippen molar-refractivity contribution in [2.24, 2.45) is 12.9 Å². The number of rotatable bonds is 4. The van der Waals surface area contributed by atoms with Crippen LogP contribution < -0.4 is 16.0 Å². The molecule has 0 amide bonds. The highest BCUT2D eigenvalue weighted by Gasteiger charge is 2.23. The predicted molar refractivity (Wildman–Crippen MR) is 70.4 cm³/mol. The molecule has 0 bridgehead atoms. The number of nitrogens with one attached hydrogen (secondary N) is 1. The number of nitrogens with two attached hydrogens (primary N) is 1. The Bertz CT molecular complexity index is 541. The first-order valence-corrected chi connectivity index (χ1v) is 5.83. The molecule has 2 aromatic rings. The maximum Gasteiger partial charge on any atom is 0.161 e. The summed E-state index contributed by atoms with van der Waals surface area (Å²) in [6.45, 7) is 0. The fraction of sp³-hybridized carbons (Fsp3) is 0.250. The van der Waals surface area contributed by atoms with Crippen molar-refractivity contribution in [3.05, 3.63) is 46.7 Å². The molecule has 0 aliphatic rings. The molecule has 1 heterocycles. The molecular weight excluding hydrogens is 252 g/mol. The Morgan fingerprint density at radius 3 is 2.78 bits per heavy atom. The van der Waals surface area contributed by atoms with Crippen LogP contribution in [0, 0.1) is 0 Å². The highest BCUT2D eigenvalue weighted by atomic mass is 35.5. The van der Waals surface area contributed by atoms with Crippen LogP contribution in [0.25, 0.3) is 0 Å². The largest absolute Gasteiger partial charge is 0.493 e. The predicted octanol–water partition coefficient (Wildman–Crippen LogP) is 1.63. The summed E-state index contributed by atoms with van der Waals surface area (Å²) in [6, 6.07) is 7.25. The molecule has 0 saturated carbocycles. The first kappa shape index (κ1) is 12.9. The summed E-state index contributed by atoms with van der Waals surface area (Å²) in [5, 5.41) is 4.81. The van der Waals surface area contributed by atoms with Gasteiger partial charge in [0.25, 0.3) is 0 Å². The number of hydrogen-bond donors (Lipinski definition) is 2. The summed E-state index contributed by atoms with van der Waals surface area (Å²) in [5.74, 6) is 6.32. The number of methoxy groups -OCH3 is 1. The van der Waals surface area contributed by atoms with Crippen LogP contribution in [0.1, 0.15) is 17.3 Å². The van der Waals surface area contributed by atoms with Crippen molar-refractivity contribution in [2.45, 2.75) is 6.04 Å². The summed E-state index contributed by atoms with van der Waals surface area (Å²) < 4.78 is 7.00. The van der Waals surface area contributed by atoms with E-state index in [9.17, 15) is 0 Å². The molecule has 0 aliphatic heterocycles. The van der Waals surface area contributed by atoms with Gasteiger partial charge in [-0.3, -0.25) is 10.5 Å². The monoisotopic (exact) mass is 266 g/mol. The molecule has 0 fully saturated rings. The van der Waals surface area contributed by atoms with E-state index in [0.29, 0.717) is 10.8 Å². The van der Waals surface area contributed by atoms with Gasteiger partial charge in [-0.15, -0.1) is 0 Å². The van der Waals surface area contributed by atoms with Gasteiger partial charge in [-0.25, -0.2) is 5.43 Å². The summed E-state index contributed by atoms with van der Waals surface area (Å²) in [7, 11) is 3.43. The third kappa shape index (κ3) is 2.20. The fourth-order valence-electron chi connectivity index (χ4n) is 1.94. The number of ether oxygens (including phenoxy) is 1. The molecule has 0 aliphatic carbocycles. The van der Waals surface area contributed by atoms with E-state index in [1.54, 1.807) is 18.0 Å². The number of aryl methyl sites for hydroxylation is 1. The van der Waals surface area contributed by atoms with Gasteiger partial charge in [0.1, 0.15) is 5.69 Å². The topological polar surface area (TPSA) is 65.1 Å². The highest BCUT2D eigenvalue weighted by Crippen LogP contribution is 2.32. The standard InChI is InChI=1S/C12H15ClN4O/c1-17-12(10(18-2)7-15-17)11(16-14)8-5-3-4-6-9(8)13/h3-7,11,16H,14H2,1-2H3. The number of hydrazine groups is 1. The molecule has 1 unspecified atom stereocenters. The summed E-state index contributed by atoms with van der Waals surface area (Å²) in [5.41, 5.74) is 4.46. The normalized spacial score (nSPS) is 12.4. The van der Waals surface area contributed by atoms with E-state index in [1.165, 1.54) is 0 Å². The van der Waals surface area contributed by atoms with Gasteiger partial charge in [0, 0.05) is 12.1 Å². The lowest BCUT2D eigenvalue weighted by molar-refractivity contribution is 0.401. The van der Waals surface area contributed by atoms with Crippen LogP contribution in [0.15, 0.2) is 30.5 Å². The van der Waals surface area contributed by atoms with Gasteiger partial charge in [-0.2, -0.15) is 5.10 Å². The van der Waals surface area contributed by atoms with Crippen molar-refractivity contribution < 1.29 is 4.74 Å². The molecular formula is C12H15ClN4O. The molecule has 6 heteroatoms. The molecule has 0 saturated heterocycles. The number of halogens is 1. The van der Waals surface area contributed by atoms with Crippen LogP contribution in [0.2, 0.25) is 5.02 Å². The van der Waals surface area contributed by atoms with E-state index in [0.717, 1.165) is 11.3 Å². The average molecular weight is 267 g/mol. The third-order valence-electron chi connectivity index (χ3n) is 2.83. The molecule has 18 heavy (non-hydrogen) atoms.